The fourth-order valence-electron chi connectivity index (χ4n) is 10.2. The molecule has 15 nitrogen and oxygen atoms in total. The summed E-state index contributed by atoms with van der Waals surface area (Å²) in [4.78, 5) is 79.9. The Kier molecular flexibility index (Phi) is 18.6. The number of halogens is 3. The number of pyridine rings is 1. The van der Waals surface area contributed by atoms with Crippen molar-refractivity contribution < 1.29 is 42.2 Å². The molecule has 2 aliphatic heterocycles. The zero-order valence-electron chi connectivity index (χ0n) is 43.4. The number of rotatable bonds is 21. The first-order valence-electron chi connectivity index (χ1n) is 25.9. The fraction of sp³-hybridized carbons (Fsp3) is 0.545. The van der Waals surface area contributed by atoms with Gasteiger partial charge in [0.05, 0.1) is 39.8 Å². The number of aryl methyl sites for hydroxylation is 3. The van der Waals surface area contributed by atoms with Crippen LogP contribution in [0.4, 0.5) is 13.2 Å². The molecular weight excluding hydrogens is 974 g/mol. The molecule has 3 atom stereocenters. The Hall–Kier alpha value is -5.92. The lowest BCUT2D eigenvalue weighted by molar-refractivity contribution is -0.325. The highest BCUT2D eigenvalue weighted by Crippen LogP contribution is 2.34. The molecule has 3 aromatic heterocycles. The van der Waals surface area contributed by atoms with Gasteiger partial charge >= 0.3 is 6.36 Å². The highest BCUT2D eigenvalue weighted by molar-refractivity contribution is 7.13. The number of nitrogens with zero attached hydrogens (tertiary/aromatic N) is 6. The number of amides is 4. The van der Waals surface area contributed by atoms with E-state index in [9.17, 15) is 42.3 Å². The molecule has 0 aliphatic carbocycles. The van der Waals surface area contributed by atoms with Crippen LogP contribution in [0, 0.1) is 19.3 Å². The van der Waals surface area contributed by atoms with Crippen molar-refractivity contribution in [1.82, 2.24) is 39.5 Å². The monoisotopic (exact) mass is 1040 g/mol. The van der Waals surface area contributed by atoms with Crippen LogP contribution in [0.5, 0.6) is 0 Å². The Balaban J connectivity index is 0.805. The summed E-state index contributed by atoms with van der Waals surface area (Å²) in [5.74, 6) is -0.295. The number of benzene rings is 2. The molecule has 0 saturated carbocycles. The summed E-state index contributed by atoms with van der Waals surface area (Å²) in [6.45, 7) is 9.99. The highest BCUT2D eigenvalue weighted by Gasteiger charge is 2.44. The number of carbonyl (C=O) groups excluding carboxylic acids is 4. The van der Waals surface area contributed by atoms with Crippen molar-refractivity contribution in [3.05, 3.63) is 93.2 Å². The smallest absolute Gasteiger partial charge is 0.391 e. The molecule has 7 rings (SSSR count). The number of unbranched alkanes of at least 4 members (excludes halogenated alkanes) is 6. The van der Waals surface area contributed by atoms with Crippen molar-refractivity contribution in [3.63, 3.8) is 0 Å². The minimum atomic E-state index is -4.77. The number of aromatic nitrogens is 4. The van der Waals surface area contributed by atoms with E-state index in [1.54, 1.807) is 42.1 Å². The Morgan fingerprint density at radius 1 is 0.892 bits per heavy atom. The van der Waals surface area contributed by atoms with Gasteiger partial charge in [-0.3, -0.25) is 28.7 Å². The lowest BCUT2D eigenvalue weighted by atomic mass is 9.85. The second-order valence-electron chi connectivity index (χ2n) is 21.0. The van der Waals surface area contributed by atoms with E-state index in [1.165, 1.54) is 9.47 Å². The molecule has 2 fully saturated rings. The van der Waals surface area contributed by atoms with Crippen molar-refractivity contribution in [1.29, 1.82) is 0 Å². The first-order chi connectivity index (χ1) is 35.2. The fourth-order valence-corrected chi connectivity index (χ4v) is 11.0. The number of β-amino-alcohol motifs (C(OH)–C–C–N with tert-alkyl or cyclic N) is 1. The lowest BCUT2D eigenvalue weighted by Crippen LogP contribution is -2.57. The Labute approximate surface area is 434 Å². The van der Waals surface area contributed by atoms with Crippen LogP contribution in [-0.2, 0) is 44.1 Å². The molecule has 0 spiro atoms. The first kappa shape index (κ1) is 55.8. The Morgan fingerprint density at radius 3 is 2.19 bits per heavy atom. The maximum Gasteiger partial charge on any atom is 0.522 e. The van der Waals surface area contributed by atoms with Crippen molar-refractivity contribution in [3.8, 4) is 21.6 Å². The van der Waals surface area contributed by atoms with E-state index in [1.807, 2.05) is 80.6 Å². The van der Waals surface area contributed by atoms with E-state index in [-0.39, 0.29) is 61.7 Å². The van der Waals surface area contributed by atoms with E-state index >= 15 is 0 Å². The van der Waals surface area contributed by atoms with Crippen molar-refractivity contribution in [2.45, 2.75) is 155 Å². The van der Waals surface area contributed by atoms with Crippen LogP contribution in [0.15, 0.2) is 65.0 Å². The average molecular weight is 1050 g/mol. The number of fused-ring (bicyclic) bond motifs is 1. The largest absolute Gasteiger partial charge is 0.522 e. The van der Waals surface area contributed by atoms with E-state index < -0.39 is 42.5 Å². The van der Waals surface area contributed by atoms with Gasteiger partial charge in [-0.1, -0.05) is 83.2 Å². The molecule has 19 heteroatoms. The second kappa shape index (κ2) is 24.6. The number of aliphatic hydroxyl groups excluding tert-OH is 1. The van der Waals surface area contributed by atoms with Crippen molar-refractivity contribution in [2.24, 2.45) is 12.5 Å². The van der Waals surface area contributed by atoms with Gasteiger partial charge in [0.25, 0.3) is 5.56 Å². The van der Waals surface area contributed by atoms with E-state index in [2.05, 4.69) is 20.4 Å². The zero-order valence-corrected chi connectivity index (χ0v) is 44.2. The quantitative estimate of drug-likeness (QED) is 0.0606. The first-order valence-corrected chi connectivity index (χ1v) is 26.8. The molecule has 0 radical (unpaired) electrons. The topological polar surface area (TPSA) is 181 Å². The van der Waals surface area contributed by atoms with E-state index in [4.69, 9.17) is 4.98 Å². The summed E-state index contributed by atoms with van der Waals surface area (Å²) >= 11 is 1.57. The predicted molar refractivity (Wildman–Crippen MR) is 279 cm³/mol. The molecule has 0 unspecified atom stereocenters. The third-order valence-electron chi connectivity index (χ3n) is 14.3. The number of hydrogen-bond donors (Lipinski definition) is 3. The van der Waals surface area contributed by atoms with Gasteiger partial charge in [-0.2, -0.15) is 0 Å². The molecule has 5 heterocycles. The van der Waals surface area contributed by atoms with Crippen molar-refractivity contribution >= 4 is 46.0 Å². The number of carbonyl (C=O) groups is 4. The van der Waals surface area contributed by atoms with Crippen LogP contribution < -0.4 is 16.2 Å². The predicted octanol–water partition coefficient (Wildman–Crippen LogP) is 8.70. The zero-order chi connectivity index (χ0) is 53.3. The third kappa shape index (κ3) is 14.5. The molecular formula is C55H71F3N8O7S. The number of alkyl halides is 3. The van der Waals surface area contributed by atoms with Crippen LogP contribution in [-0.4, -0.2) is 108 Å². The molecule has 4 amide bonds. The Morgan fingerprint density at radius 2 is 1.55 bits per heavy atom. The minimum Gasteiger partial charge on any atom is -0.391 e. The van der Waals surface area contributed by atoms with Crippen LogP contribution in [0.25, 0.3) is 32.6 Å². The lowest BCUT2D eigenvalue weighted by Gasteiger charge is -2.35. The van der Waals surface area contributed by atoms with Gasteiger partial charge in [0, 0.05) is 76.7 Å². The summed E-state index contributed by atoms with van der Waals surface area (Å²) in [6, 6.07) is 13.5. The number of imidazole rings is 1. The molecule has 5 aromatic rings. The molecule has 400 valence electrons. The maximum absolute atomic E-state index is 14.0. The van der Waals surface area contributed by atoms with Crippen LogP contribution >= 0.6 is 11.3 Å². The molecule has 74 heavy (non-hydrogen) atoms. The average Bonchev–Trinajstić information content (AvgIpc) is 4.08. The summed E-state index contributed by atoms with van der Waals surface area (Å²) in [7, 11) is 1.68. The standard InChI is InChI=1S/C55H71F3N8O7S/c1-35-28-41(32-63(6)52(35)71)40-20-21-43-44(29-40)65(26-27-73-55(56,57)58)50(61-43)39-22-24-64(25-23-39)47(69)15-13-11-9-7-8-10-12-14-46(68)62-49(54(3,4)5)53(72)66-33-42(67)30-45(66)51(70)59-31-37-16-18-38(19-17-37)48-36(2)60-34-74-48/h16-21,28-29,32,34,39,42,45,49,67H,7-15,22-27,30-31,33H2,1-6H3,(H,59,70)(H,62,68)/t42-,45+,49+/m1/s1. The molecule has 0 bridgehead atoms. The minimum absolute atomic E-state index is 0.00321. The van der Waals surface area contributed by atoms with Gasteiger partial charge in [-0.25, -0.2) is 9.97 Å². The molecule has 2 aromatic carbocycles. The number of piperidine rings is 1. The van der Waals surface area contributed by atoms with Crippen LogP contribution in [0.3, 0.4) is 0 Å². The number of aliphatic hydroxyl groups is 1. The Bertz CT molecular complexity index is 2780. The number of hydrogen-bond acceptors (Lipinski definition) is 10. The van der Waals surface area contributed by atoms with Crippen LogP contribution in [0.2, 0.25) is 0 Å². The number of thiazole rings is 1. The van der Waals surface area contributed by atoms with Gasteiger partial charge in [0.1, 0.15) is 17.9 Å². The SMILES string of the molecule is Cc1ncsc1-c1ccc(CNC(=O)[C@@H]2C[C@@H](O)CN2C(=O)[C@H](NC(=O)CCCCCCCCCC(=O)N2CCC(c3nc4ccc(-c5cc(C)c(=O)n(C)c5)cc4n3CCOC(F)(F)F)CC2)C(C)(C)C)cc1. The molecule has 3 N–H and O–H groups in total. The van der Waals surface area contributed by atoms with Crippen molar-refractivity contribution in [2.75, 3.05) is 26.2 Å². The van der Waals surface area contributed by atoms with Gasteiger partial charge in [-0.15, -0.1) is 24.5 Å². The third-order valence-corrected chi connectivity index (χ3v) is 15.3. The normalized spacial score (nSPS) is 17.0. The van der Waals surface area contributed by atoms with Gasteiger partial charge in [0.2, 0.25) is 23.6 Å². The maximum atomic E-state index is 14.0. The summed E-state index contributed by atoms with van der Waals surface area (Å²) in [5, 5.41) is 16.5. The summed E-state index contributed by atoms with van der Waals surface area (Å²) in [6.07, 6.45) is 4.14. The number of nitrogens with one attached hydrogen (secondary N) is 2. The van der Waals surface area contributed by atoms with E-state index in [0.717, 1.165) is 71.3 Å². The van der Waals surface area contributed by atoms with Gasteiger partial charge < -0.3 is 34.7 Å². The van der Waals surface area contributed by atoms with Crippen LogP contribution in [0.1, 0.15) is 126 Å². The second-order valence-corrected chi connectivity index (χ2v) is 21.9. The number of likely N-dealkylation sites (tertiary alicyclic amines) is 2. The molecule has 2 saturated heterocycles. The summed E-state index contributed by atoms with van der Waals surface area (Å²) in [5.41, 5.74) is 7.46. The summed E-state index contributed by atoms with van der Waals surface area (Å²) < 4.78 is 46.7. The highest BCUT2D eigenvalue weighted by atomic mass is 32.1. The van der Waals surface area contributed by atoms with E-state index in [0.29, 0.717) is 61.2 Å². The molecule has 2 aliphatic rings. The number of ether oxygens (including phenoxy) is 1. The van der Waals surface area contributed by atoms with Gasteiger partial charge in [0.15, 0.2) is 0 Å². The van der Waals surface area contributed by atoms with Gasteiger partial charge in [-0.05, 0) is 85.4 Å².